The van der Waals surface area contributed by atoms with Crippen molar-refractivity contribution in [3.05, 3.63) is 48.2 Å². The van der Waals surface area contributed by atoms with Gasteiger partial charge in [-0.05, 0) is 52.0 Å². The van der Waals surface area contributed by atoms with Crippen molar-refractivity contribution in [1.29, 1.82) is 0 Å². The molecule has 6 nitrogen and oxygen atoms in total. The van der Waals surface area contributed by atoms with Gasteiger partial charge in [-0.3, -0.25) is 0 Å². The molecule has 0 aliphatic carbocycles. The fourth-order valence-corrected chi connectivity index (χ4v) is 2.84. The molecule has 0 spiro atoms. The quantitative estimate of drug-likeness (QED) is 0.789. The summed E-state index contributed by atoms with van der Waals surface area (Å²) in [5.74, 6) is 0.0806. The van der Waals surface area contributed by atoms with E-state index in [1.165, 1.54) is 24.4 Å². The SMILES string of the molecule is CC1(C)OB(c2ccc(N(C(N)=O)c3cccc(C(F)(F)F)c3)nc2)OC1(C)C. The predicted molar refractivity (Wildman–Crippen MR) is 103 cm³/mol. The van der Waals surface area contributed by atoms with Crippen LogP contribution in [0.5, 0.6) is 0 Å². The van der Waals surface area contributed by atoms with Crippen LogP contribution in [0, 0.1) is 0 Å². The van der Waals surface area contributed by atoms with Crippen LogP contribution < -0.4 is 16.1 Å². The van der Waals surface area contributed by atoms with E-state index in [2.05, 4.69) is 4.98 Å². The number of benzene rings is 1. The lowest BCUT2D eigenvalue weighted by Gasteiger charge is -2.32. The van der Waals surface area contributed by atoms with E-state index in [-0.39, 0.29) is 11.5 Å². The number of rotatable bonds is 3. The number of hydrogen-bond donors (Lipinski definition) is 1. The number of nitrogens with zero attached hydrogens (tertiary/aromatic N) is 2. The topological polar surface area (TPSA) is 77.7 Å². The molecule has 1 saturated heterocycles. The van der Waals surface area contributed by atoms with Crippen molar-refractivity contribution in [2.75, 3.05) is 4.90 Å². The number of aromatic nitrogens is 1. The number of primary amides is 1. The number of nitrogens with two attached hydrogens (primary N) is 1. The van der Waals surface area contributed by atoms with Crippen molar-refractivity contribution in [2.45, 2.75) is 45.1 Å². The maximum atomic E-state index is 13.0. The van der Waals surface area contributed by atoms with Gasteiger partial charge in [-0.1, -0.05) is 12.1 Å². The predicted octanol–water partition coefficient (Wildman–Crippen LogP) is 3.62. The summed E-state index contributed by atoms with van der Waals surface area (Å²) in [6, 6.07) is 6.46. The van der Waals surface area contributed by atoms with Crippen LogP contribution in [0.3, 0.4) is 0 Å². The molecule has 2 amide bonds. The van der Waals surface area contributed by atoms with E-state index in [0.717, 1.165) is 17.0 Å². The number of carbonyl (C=O) groups excluding carboxylic acids is 1. The summed E-state index contributed by atoms with van der Waals surface area (Å²) in [5.41, 5.74) is 4.02. The molecule has 1 aromatic carbocycles. The minimum Gasteiger partial charge on any atom is -0.399 e. The van der Waals surface area contributed by atoms with Crippen molar-refractivity contribution in [3.8, 4) is 0 Å². The Hall–Kier alpha value is -2.59. The Labute approximate surface area is 166 Å². The van der Waals surface area contributed by atoms with E-state index in [1.54, 1.807) is 6.07 Å². The lowest BCUT2D eigenvalue weighted by Crippen LogP contribution is -2.41. The summed E-state index contributed by atoms with van der Waals surface area (Å²) in [7, 11) is -0.655. The first-order valence-electron chi connectivity index (χ1n) is 8.90. The third-order valence-electron chi connectivity index (χ3n) is 5.18. The van der Waals surface area contributed by atoms with Crippen LogP contribution >= 0.6 is 0 Å². The molecule has 3 rings (SSSR count). The van der Waals surface area contributed by atoms with Gasteiger partial charge in [-0.25, -0.2) is 14.7 Å². The Morgan fingerprint density at radius 2 is 1.72 bits per heavy atom. The molecule has 1 fully saturated rings. The number of alkyl halides is 3. The molecule has 0 atom stereocenters. The summed E-state index contributed by atoms with van der Waals surface area (Å²) in [6.07, 6.45) is -3.10. The normalized spacial score (nSPS) is 18.0. The van der Waals surface area contributed by atoms with Crippen molar-refractivity contribution < 1.29 is 27.3 Å². The Balaban J connectivity index is 1.90. The molecular weight excluding hydrogens is 386 g/mol. The van der Waals surface area contributed by atoms with E-state index < -0.39 is 36.1 Å². The van der Waals surface area contributed by atoms with Gasteiger partial charge < -0.3 is 15.0 Å². The molecule has 0 unspecified atom stereocenters. The summed E-state index contributed by atoms with van der Waals surface area (Å²) in [4.78, 5) is 17.0. The molecule has 1 aromatic heterocycles. The maximum Gasteiger partial charge on any atom is 0.496 e. The monoisotopic (exact) mass is 407 g/mol. The number of hydrogen-bond acceptors (Lipinski definition) is 4. The summed E-state index contributed by atoms with van der Waals surface area (Å²) in [5, 5.41) is 0. The van der Waals surface area contributed by atoms with Crippen molar-refractivity contribution in [2.24, 2.45) is 5.73 Å². The first-order chi connectivity index (χ1) is 13.3. The molecule has 2 N–H and O–H groups in total. The number of urea groups is 1. The van der Waals surface area contributed by atoms with Gasteiger partial charge in [0.15, 0.2) is 0 Å². The van der Waals surface area contributed by atoms with E-state index in [0.29, 0.717) is 5.46 Å². The lowest BCUT2D eigenvalue weighted by atomic mass is 9.80. The Morgan fingerprint density at radius 3 is 2.21 bits per heavy atom. The molecule has 1 aliphatic heterocycles. The number of halogens is 3. The van der Waals surface area contributed by atoms with E-state index in [9.17, 15) is 18.0 Å². The molecule has 2 aromatic rings. The van der Waals surface area contributed by atoms with E-state index in [1.807, 2.05) is 27.7 Å². The molecular formula is C19H21BF3N3O3. The zero-order chi connectivity index (χ0) is 21.6. The average molecular weight is 407 g/mol. The highest BCUT2D eigenvalue weighted by Gasteiger charge is 2.51. The number of carbonyl (C=O) groups is 1. The van der Waals surface area contributed by atoms with Crippen molar-refractivity contribution in [1.82, 2.24) is 4.98 Å². The van der Waals surface area contributed by atoms with Crippen molar-refractivity contribution in [3.63, 3.8) is 0 Å². The minimum atomic E-state index is -4.55. The van der Waals surface area contributed by atoms with Crippen LogP contribution in [0.1, 0.15) is 33.3 Å². The van der Waals surface area contributed by atoms with E-state index in [4.69, 9.17) is 15.0 Å². The van der Waals surface area contributed by atoms with Gasteiger partial charge in [-0.15, -0.1) is 0 Å². The smallest absolute Gasteiger partial charge is 0.399 e. The van der Waals surface area contributed by atoms with Crippen molar-refractivity contribution >= 4 is 30.1 Å². The highest BCUT2D eigenvalue weighted by molar-refractivity contribution is 6.62. The fraction of sp³-hybridized carbons (Fsp3) is 0.368. The molecule has 2 heterocycles. The number of anilines is 2. The minimum absolute atomic E-state index is 0.0387. The first-order valence-corrected chi connectivity index (χ1v) is 8.90. The summed E-state index contributed by atoms with van der Waals surface area (Å²) in [6.45, 7) is 7.66. The molecule has 10 heteroatoms. The lowest BCUT2D eigenvalue weighted by molar-refractivity contribution is -0.137. The van der Waals surface area contributed by atoms with Crippen LogP contribution in [-0.2, 0) is 15.5 Å². The number of amides is 2. The van der Waals surface area contributed by atoms with Crippen LogP contribution in [0.4, 0.5) is 29.5 Å². The highest BCUT2D eigenvalue weighted by atomic mass is 19.4. The molecule has 29 heavy (non-hydrogen) atoms. The van der Waals surface area contributed by atoms with Gasteiger partial charge >= 0.3 is 19.3 Å². The zero-order valence-corrected chi connectivity index (χ0v) is 16.4. The zero-order valence-electron chi connectivity index (χ0n) is 16.4. The third kappa shape index (κ3) is 4.08. The molecule has 154 valence electrons. The average Bonchev–Trinajstić information content (AvgIpc) is 2.82. The Bertz CT molecular complexity index is 901. The summed E-state index contributed by atoms with van der Waals surface area (Å²) >= 11 is 0. The highest BCUT2D eigenvalue weighted by Crippen LogP contribution is 2.37. The summed E-state index contributed by atoms with van der Waals surface area (Å²) < 4.78 is 50.9. The molecule has 0 bridgehead atoms. The number of pyridine rings is 1. The second-order valence-electron chi connectivity index (χ2n) is 7.76. The Morgan fingerprint density at radius 1 is 1.10 bits per heavy atom. The van der Waals surface area contributed by atoms with E-state index >= 15 is 0 Å². The van der Waals surface area contributed by atoms with Gasteiger partial charge in [0.2, 0.25) is 0 Å². The standard InChI is InChI=1S/C19H21BF3N3O3/c1-17(2)18(3,4)29-20(28-17)13-8-9-15(25-11-13)26(16(24)27)14-7-5-6-12(10-14)19(21,22)23/h5-11H,1-4H3,(H2,24,27). The molecule has 0 saturated carbocycles. The van der Waals surface area contributed by atoms with Crippen LogP contribution in [0.15, 0.2) is 42.6 Å². The molecule has 0 radical (unpaired) electrons. The van der Waals surface area contributed by atoms with Gasteiger partial charge in [0.05, 0.1) is 22.5 Å². The van der Waals surface area contributed by atoms with Gasteiger partial charge in [-0.2, -0.15) is 13.2 Å². The maximum absolute atomic E-state index is 13.0. The van der Waals surface area contributed by atoms with Gasteiger partial charge in [0, 0.05) is 11.7 Å². The first kappa shape index (κ1) is 21.1. The molecule has 1 aliphatic rings. The van der Waals surface area contributed by atoms with Gasteiger partial charge in [0.1, 0.15) is 5.82 Å². The fourth-order valence-electron chi connectivity index (χ4n) is 2.84. The second-order valence-corrected chi connectivity index (χ2v) is 7.76. The van der Waals surface area contributed by atoms with Gasteiger partial charge in [0.25, 0.3) is 0 Å². The Kier molecular flexibility index (Phi) is 5.12. The van der Waals surface area contributed by atoms with Crippen LogP contribution in [0.2, 0.25) is 0 Å². The second kappa shape index (κ2) is 7.03. The largest absolute Gasteiger partial charge is 0.496 e. The van der Waals surface area contributed by atoms with Crippen LogP contribution in [-0.4, -0.2) is 29.3 Å². The van der Waals surface area contributed by atoms with Crippen LogP contribution in [0.25, 0.3) is 0 Å². The third-order valence-corrected chi connectivity index (χ3v) is 5.18.